The molecule has 8 nitrogen and oxygen atoms in total. The molecule has 5 rings (SSSR count). The van der Waals surface area contributed by atoms with E-state index in [2.05, 4.69) is 15.6 Å². The number of carbonyl (C=O) groups is 3. The van der Waals surface area contributed by atoms with Crippen molar-refractivity contribution in [1.29, 1.82) is 0 Å². The van der Waals surface area contributed by atoms with Gasteiger partial charge in [-0.1, -0.05) is 42.5 Å². The van der Waals surface area contributed by atoms with Gasteiger partial charge in [-0.15, -0.1) is 11.8 Å². The number of pyridine rings is 1. The number of ether oxygens (including phenoxy) is 1. The summed E-state index contributed by atoms with van der Waals surface area (Å²) in [5.74, 6) is 0.146. The second kappa shape index (κ2) is 11.5. The van der Waals surface area contributed by atoms with Crippen LogP contribution in [0.1, 0.15) is 34.9 Å². The smallest absolute Gasteiger partial charge is 0.412 e. The van der Waals surface area contributed by atoms with Gasteiger partial charge in [0.15, 0.2) is 0 Å². The number of hydrogen-bond donors (Lipinski definition) is 2. The normalized spacial score (nSPS) is 18.8. The first-order valence-electron chi connectivity index (χ1n) is 12.3. The van der Waals surface area contributed by atoms with Crippen molar-refractivity contribution in [2.45, 2.75) is 43.3 Å². The first kappa shape index (κ1) is 24.8. The molecular formula is C28H28N4O4S. The van der Waals surface area contributed by atoms with E-state index in [0.717, 1.165) is 29.5 Å². The molecule has 3 aromatic rings. The summed E-state index contributed by atoms with van der Waals surface area (Å²) in [4.78, 5) is 44.2. The zero-order chi connectivity index (χ0) is 25.6. The van der Waals surface area contributed by atoms with Crippen LogP contribution in [0.15, 0.2) is 79.1 Å². The number of nitrogens with zero attached hydrogens (tertiary/aromatic N) is 2. The van der Waals surface area contributed by atoms with Crippen LogP contribution in [0.25, 0.3) is 0 Å². The highest BCUT2D eigenvalue weighted by Gasteiger charge is 2.43. The van der Waals surface area contributed by atoms with E-state index in [1.807, 2.05) is 54.6 Å². The lowest BCUT2D eigenvalue weighted by molar-refractivity contribution is -0.121. The Morgan fingerprint density at radius 1 is 0.946 bits per heavy atom. The molecule has 2 heterocycles. The van der Waals surface area contributed by atoms with E-state index in [-0.39, 0.29) is 23.8 Å². The van der Waals surface area contributed by atoms with Gasteiger partial charge in [0.25, 0.3) is 0 Å². The Bertz CT molecular complexity index is 1240. The standard InChI is InChI=1S/C28H28N4O4S/c33-25(30-22-10-11-22)16-19-6-8-23(9-7-19)31-26(34)24-18-37-27(21-12-14-29-15-13-21)32(24)28(35)36-17-20-4-2-1-3-5-20/h1-9,12-15,22,24,27H,10-11,16-18H2,(H,30,33)(H,31,34). The molecule has 1 saturated carbocycles. The predicted octanol–water partition coefficient (Wildman–Crippen LogP) is 4.29. The molecule has 0 radical (unpaired) electrons. The highest BCUT2D eigenvalue weighted by atomic mass is 32.2. The number of benzene rings is 2. The summed E-state index contributed by atoms with van der Waals surface area (Å²) in [6, 6.07) is 19.9. The third kappa shape index (κ3) is 6.48. The fraction of sp³-hybridized carbons (Fsp3) is 0.286. The lowest BCUT2D eigenvalue weighted by Gasteiger charge is -2.28. The Morgan fingerprint density at radius 3 is 2.38 bits per heavy atom. The molecule has 1 aliphatic carbocycles. The van der Waals surface area contributed by atoms with Crippen molar-refractivity contribution in [3.05, 3.63) is 95.8 Å². The second-order valence-corrected chi connectivity index (χ2v) is 10.2. The van der Waals surface area contributed by atoms with Gasteiger partial charge in [-0.25, -0.2) is 4.79 Å². The topological polar surface area (TPSA) is 101 Å². The van der Waals surface area contributed by atoms with Crippen LogP contribution >= 0.6 is 11.8 Å². The minimum Gasteiger partial charge on any atom is -0.444 e. The molecule has 2 aliphatic rings. The molecule has 3 amide bonds. The SMILES string of the molecule is O=C(Cc1ccc(NC(=O)C2CSC(c3ccncc3)N2C(=O)OCc2ccccc2)cc1)NC1CC1. The first-order valence-corrected chi connectivity index (χ1v) is 13.3. The van der Waals surface area contributed by atoms with E-state index in [1.165, 1.54) is 16.7 Å². The number of amides is 3. The van der Waals surface area contributed by atoms with Crippen LogP contribution in [0.2, 0.25) is 0 Å². The van der Waals surface area contributed by atoms with E-state index in [9.17, 15) is 14.4 Å². The van der Waals surface area contributed by atoms with Crippen molar-refractivity contribution >= 4 is 35.4 Å². The van der Waals surface area contributed by atoms with Gasteiger partial charge in [0.2, 0.25) is 11.8 Å². The Kier molecular flexibility index (Phi) is 7.70. The zero-order valence-electron chi connectivity index (χ0n) is 20.2. The van der Waals surface area contributed by atoms with Crippen LogP contribution in [-0.4, -0.2) is 45.6 Å². The summed E-state index contributed by atoms with van der Waals surface area (Å²) in [5, 5.41) is 5.53. The molecular weight excluding hydrogens is 488 g/mol. The van der Waals surface area contributed by atoms with Crippen molar-refractivity contribution in [1.82, 2.24) is 15.2 Å². The molecule has 2 aromatic carbocycles. The number of hydrogen-bond acceptors (Lipinski definition) is 6. The second-order valence-electron chi connectivity index (χ2n) is 9.13. The molecule has 0 spiro atoms. The first-order chi connectivity index (χ1) is 18.1. The molecule has 2 unspecified atom stereocenters. The monoisotopic (exact) mass is 516 g/mol. The van der Waals surface area contributed by atoms with Gasteiger partial charge >= 0.3 is 6.09 Å². The third-order valence-corrected chi connectivity index (χ3v) is 7.56. The van der Waals surface area contributed by atoms with Crippen molar-refractivity contribution in [3.63, 3.8) is 0 Å². The highest BCUT2D eigenvalue weighted by Crippen LogP contribution is 2.42. The van der Waals surface area contributed by atoms with Crippen LogP contribution in [0.4, 0.5) is 10.5 Å². The van der Waals surface area contributed by atoms with Crippen LogP contribution in [0.5, 0.6) is 0 Å². The van der Waals surface area contributed by atoms with Crippen molar-refractivity contribution < 1.29 is 19.1 Å². The maximum Gasteiger partial charge on any atom is 0.412 e. The van der Waals surface area contributed by atoms with Crippen LogP contribution in [0.3, 0.4) is 0 Å². The molecule has 2 fully saturated rings. The van der Waals surface area contributed by atoms with E-state index < -0.39 is 12.1 Å². The molecule has 1 saturated heterocycles. The predicted molar refractivity (Wildman–Crippen MR) is 142 cm³/mol. The summed E-state index contributed by atoms with van der Waals surface area (Å²) >= 11 is 1.51. The van der Waals surface area contributed by atoms with Gasteiger partial charge in [0.05, 0.1) is 6.42 Å². The molecule has 9 heteroatoms. The molecule has 2 atom stereocenters. The van der Waals surface area contributed by atoms with Gasteiger partial charge in [-0.3, -0.25) is 19.5 Å². The lowest BCUT2D eigenvalue weighted by Crippen LogP contribution is -2.45. The molecule has 37 heavy (non-hydrogen) atoms. The van der Waals surface area contributed by atoms with Crippen LogP contribution in [0, 0.1) is 0 Å². The Hall–Kier alpha value is -3.85. The van der Waals surface area contributed by atoms with E-state index in [1.54, 1.807) is 24.5 Å². The maximum absolute atomic E-state index is 13.3. The van der Waals surface area contributed by atoms with Gasteiger partial charge < -0.3 is 15.4 Å². The summed E-state index contributed by atoms with van der Waals surface area (Å²) in [7, 11) is 0. The van der Waals surface area contributed by atoms with Gasteiger partial charge in [0, 0.05) is 29.9 Å². The van der Waals surface area contributed by atoms with E-state index in [4.69, 9.17) is 4.74 Å². The molecule has 1 aliphatic heterocycles. The summed E-state index contributed by atoms with van der Waals surface area (Å²) in [5.41, 5.74) is 3.22. The summed E-state index contributed by atoms with van der Waals surface area (Å²) < 4.78 is 5.62. The Morgan fingerprint density at radius 2 is 1.68 bits per heavy atom. The van der Waals surface area contributed by atoms with Crippen LogP contribution in [-0.2, 0) is 27.4 Å². The summed E-state index contributed by atoms with van der Waals surface area (Å²) in [6.07, 6.45) is 5.20. The van der Waals surface area contributed by atoms with Crippen LogP contribution < -0.4 is 10.6 Å². The average Bonchev–Trinajstić information content (AvgIpc) is 3.62. The molecule has 190 valence electrons. The fourth-order valence-corrected chi connectivity index (χ4v) is 5.55. The minimum atomic E-state index is -0.713. The molecule has 1 aromatic heterocycles. The quantitative estimate of drug-likeness (QED) is 0.463. The highest BCUT2D eigenvalue weighted by molar-refractivity contribution is 7.99. The largest absolute Gasteiger partial charge is 0.444 e. The number of nitrogens with one attached hydrogen (secondary N) is 2. The number of rotatable bonds is 8. The van der Waals surface area contributed by atoms with Gasteiger partial charge in [0.1, 0.15) is 18.0 Å². The number of anilines is 1. The molecule has 0 bridgehead atoms. The Balaban J connectivity index is 1.26. The number of aromatic nitrogens is 1. The van der Waals surface area contributed by atoms with E-state index >= 15 is 0 Å². The van der Waals surface area contributed by atoms with Crippen molar-refractivity contribution in [2.75, 3.05) is 11.1 Å². The van der Waals surface area contributed by atoms with E-state index in [0.29, 0.717) is 23.9 Å². The van der Waals surface area contributed by atoms with Crippen molar-refractivity contribution in [3.8, 4) is 0 Å². The average molecular weight is 517 g/mol. The summed E-state index contributed by atoms with van der Waals surface area (Å²) in [6.45, 7) is 0.119. The van der Waals surface area contributed by atoms with Gasteiger partial charge in [-0.05, 0) is 53.8 Å². The fourth-order valence-electron chi connectivity index (χ4n) is 4.13. The lowest BCUT2D eigenvalue weighted by atomic mass is 10.1. The molecule has 2 N–H and O–H groups in total. The number of thioether (sulfide) groups is 1. The number of carbonyl (C=O) groups excluding carboxylic acids is 3. The van der Waals surface area contributed by atoms with Crippen molar-refractivity contribution in [2.24, 2.45) is 0 Å². The minimum absolute atomic E-state index is 0.00840. The third-order valence-electron chi connectivity index (χ3n) is 6.24. The Labute approximate surface area is 219 Å². The maximum atomic E-state index is 13.3. The van der Waals surface area contributed by atoms with Gasteiger partial charge in [-0.2, -0.15) is 0 Å². The zero-order valence-corrected chi connectivity index (χ0v) is 21.0.